The fraction of sp³-hybridized carbons (Fsp3) is 0.839. The van der Waals surface area contributed by atoms with Crippen molar-refractivity contribution in [1.29, 1.82) is 0 Å². The Hall–Kier alpha value is -1.18. The highest BCUT2D eigenvalue weighted by Gasteiger charge is 2.24. The molecule has 2 unspecified atom stereocenters. The normalized spacial score (nSPS) is 13.9. The molecular weight excluding hydrogens is 498 g/mol. The van der Waals surface area contributed by atoms with Crippen molar-refractivity contribution in [2.45, 2.75) is 161 Å². The summed E-state index contributed by atoms with van der Waals surface area (Å²) < 4.78 is 32.0. The topological polar surface area (TPSA) is 104 Å². The van der Waals surface area contributed by atoms with Gasteiger partial charge in [0.05, 0.1) is 17.9 Å². The second kappa shape index (κ2) is 26.1. The van der Waals surface area contributed by atoms with Crippen LogP contribution in [0.25, 0.3) is 0 Å². The van der Waals surface area contributed by atoms with Gasteiger partial charge in [-0.15, -0.1) is 0 Å². The lowest BCUT2D eigenvalue weighted by Crippen LogP contribution is -2.46. The van der Waals surface area contributed by atoms with Gasteiger partial charge in [0, 0.05) is 6.42 Å². The lowest BCUT2D eigenvalue weighted by Gasteiger charge is -2.21. The lowest BCUT2D eigenvalue weighted by molar-refractivity contribution is -0.122. The summed E-state index contributed by atoms with van der Waals surface area (Å²) in [6.45, 7) is 4.39. The maximum absolute atomic E-state index is 12.3. The Morgan fingerprint density at radius 3 is 1.61 bits per heavy atom. The molecule has 0 aromatic heterocycles. The molecule has 0 aliphatic heterocycles. The molecule has 2 atom stereocenters. The minimum atomic E-state index is -4.32. The predicted molar refractivity (Wildman–Crippen MR) is 161 cm³/mol. The van der Waals surface area contributed by atoms with Crippen LogP contribution in [0.2, 0.25) is 0 Å². The molecule has 38 heavy (non-hydrogen) atoms. The maximum atomic E-state index is 12.3. The van der Waals surface area contributed by atoms with E-state index in [1.54, 1.807) is 0 Å². The molecule has 0 aromatic rings. The number of amides is 1. The van der Waals surface area contributed by atoms with Gasteiger partial charge in [0.1, 0.15) is 0 Å². The van der Waals surface area contributed by atoms with Crippen LogP contribution in [0.4, 0.5) is 0 Å². The van der Waals surface area contributed by atoms with E-state index < -0.39 is 28.0 Å². The maximum Gasteiger partial charge on any atom is 0.267 e. The first-order valence-electron chi connectivity index (χ1n) is 15.5. The molecule has 0 saturated heterocycles. The molecule has 0 saturated carbocycles. The van der Waals surface area contributed by atoms with E-state index in [0.717, 1.165) is 57.8 Å². The van der Waals surface area contributed by atoms with Gasteiger partial charge in [-0.1, -0.05) is 122 Å². The van der Waals surface area contributed by atoms with E-state index in [2.05, 4.69) is 31.3 Å². The first-order valence-corrected chi connectivity index (χ1v) is 17.1. The average Bonchev–Trinajstić information content (AvgIpc) is 2.86. The van der Waals surface area contributed by atoms with Gasteiger partial charge in [-0.25, -0.2) is 0 Å². The SMILES string of the molecule is CCCCCC/C=C/C(O)C(CS(=O)(=O)O)NC(=O)CCCCCCCCC/C=C\CCCCCCCC. The number of unbranched alkanes of at least 4 members (excludes halogenated alkanes) is 17. The average molecular weight is 558 g/mol. The van der Waals surface area contributed by atoms with Crippen LogP contribution in [0.3, 0.4) is 0 Å². The highest BCUT2D eigenvalue weighted by molar-refractivity contribution is 7.85. The van der Waals surface area contributed by atoms with Crippen LogP contribution < -0.4 is 5.32 Å². The fourth-order valence-corrected chi connectivity index (χ4v) is 5.23. The van der Waals surface area contributed by atoms with Crippen LogP contribution in [0.1, 0.15) is 149 Å². The van der Waals surface area contributed by atoms with Crippen molar-refractivity contribution in [3.8, 4) is 0 Å². The zero-order chi connectivity index (χ0) is 28.3. The van der Waals surface area contributed by atoms with E-state index in [-0.39, 0.29) is 5.91 Å². The first kappa shape index (κ1) is 36.8. The molecule has 224 valence electrons. The van der Waals surface area contributed by atoms with Gasteiger partial charge in [0.2, 0.25) is 5.91 Å². The Balaban J connectivity index is 3.92. The summed E-state index contributed by atoms with van der Waals surface area (Å²) in [5.74, 6) is -0.990. The molecule has 0 aliphatic rings. The van der Waals surface area contributed by atoms with Crippen molar-refractivity contribution in [2.24, 2.45) is 0 Å². The Morgan fingerprint density at radius 2 is 1.11 bits per heavy atom. The summed E-state index contributed by atoms with van der Waals surface area (Å²) in [5, 5.41) is 13.0. The fourth-order valence-electron chi connectivity index (χ4n) is 4.50. The zero-order valence-corrected chi connectivity index (χ0v) is 25.4. The highest BCUT2D eigenvalue weighted by Crippen LogP contribution is 2.12. The molecule has 0 spiro atoms. The van der Waals surface area contributed by atoms with Crippen LogP contribution in [0.15, 0.2) is 24.3 Å². The molecule has 0 fully saturated rings. The molecule has 3 N–H and O–H groups in total. The molecule has 0 rings (SSSR count). The zero-order valence-electron chi connectivity index (χ0n) is 24.5. The largest absolute Gasteiger partial charge is 0.387 e. The summed E-state index contributed by atoms with van der Waals surface area (Å²) >= 11 is 0. The number of hydrogen-bond acceptors (Lipinski definition) is 4. The number of aliphatic hydroxyl groups is 1. The van der Waals surface area contributed by atoms with Crippen LogP contribution in [-0.2, 0) is 14.9 Å². The number of hydrogen-bond donors (Lipinski definition) is 3. The second-order valence-electron chi connectivity index (χ2n) is 10.7. The summed E-state index contributed by atoms with van der Waals surface area (Å²) in [7, 11) is -4.32. The lowest BCUT2D eigenvalue weighted by atomic mass is 10.1. The molecule has 1 amide bonds. The van der Waals surface area contributed by atoms with Crippen molar-refractivity contribution in [3.05, 3.63) is 24.3 Å². The van der Waals surface area contributed by atoms with Gasteiger partial charge in [-0.3, -0.25) is 9.35 Å². The Labute approximate surface area is 234 Å². The molecule has 7 heteroatoms. The monoisotopic (exact) mass is 557 g/mol. The Morgan fingerprint density at radius 1 is 0.684 bits per heavy atom. The number of carbonyl (C=O) groups excluding carboxylic acids is 1. The van der Waals surface area contributed by atoms with Crippen LogP contribution in [-0.4, -0.2) is 41.9 Å². The number of rotatable bonds is 27. The minimum Gasteiger partial charge on any atom is -0.387 e. The molecule has 0 bridgehead atoms. The van der Waals surface area contributed by atoms with E-state index in [9.17, 15) is 22.9 Å². The third-order valence-corrected chi connectivity index (χ3v) is 7.65. The van der Waals surface area contributed by atoms with Crippen molar-refractivity contribution in [3.63, 3.8) is 0 Å². The van der Waals surface area contributed by atoms with Crippen molar-refractivity contribution in [2.75, 3.05) is 5.75 Å². The van der Waals surface area contributed by atoms with E-state index in [0.29, 0.717) is 6.42 Å². The van der Waals surface area contributed by atoms with Crippen molar-refractivity contribution in [1.82, 2.24) is 5.32 Å². The standard InChI is InChI=1S/C31H59NO5S/c1-3-5-7-9-11-12-13-14-15-16-17-18-19-20-21-23-25-27-31(34)32-29(28-38(35,36)37)30(33)26-24-22-10-8-6-4-2/h14-15,24,26,29-30,33H,3-13,16-23,25,27-28H2,1-2H3,(H,32,34)(H,35,36,37)/b15-14-,26-24+. The summed E-state index contributed by atoms with van der Waals surface area (Å²) in [5.41, 5.74) is 0. The number of allylic oxidation sites excluding steroid dienone is 3. The number of nitrogens with one attached hydrogen (secondary N) is 1. The van der Waals surface area contributed by atoms with Gasteiger partial charge in [-0.05, 0) is 44.9 Å². The van der Waals surface area contributed by atoms with Gasteiger partial charge in [0.25, 0.3) is 10.1 Å². The van der Waals surface area contributed by atoms with Crippen molar-refractivity contribution >= 4 is 16.0 Å². The van der Waals surface area contributed by atoms with E-state index in [1.807, 2.05) is 6.08 Å². The van der Waals surface area contributed by atoms with Crippen LogP contribution >= 0.6 is 0 Å². The van der Waals surface area contributed by atoms with Gasteiger partial charge >= 0.3 is 0 Å². The van der Waals surface area contributed by atoms with Gasteiger partial charge in [-0.2, -0.15) is 8.42 Å². The molecule has 0 heterocycles. The van der Waals surface area contributed by atoms with E-state index >= 15 is 0 Å². The Bertz CT molecular complexity index is 705. The van der Waals surface area contributed by atoms with Gasteiger partial charge in [0.15, 0.2) is 0 Å². The summed E-state index contributed by atoms with van der Waals surface area (Å²) in [6.07, 6.45) is 30.5. The molecule has 0 radical (unpaired) electrons. The third-order valence-electron chi connectivity index (χ3n) is 6.87. The molecule has 0 aromatic carbocycles. The smallest absolute Gasteiger partial charge is 0.267 e. The second-order valence-corrected chi connectivity index (χ2v) is 12.2. The predicted octanol–water partition coefficient (Wildman–Crippen LogP) is 8.06. The number of carbonyl (C=O) groups is 1. The quantitative estimate of drug-likeness (QED) is 0.0538. The Kier molecular flexibility index (Phi) is 25.3. The number of aliphatic hydroxyl groups excluding tert-OH is 1. The van der Waals surface area contributed by atoms with Crippen LogP contribution in [0, 0.1) is 0 Å². The molecular formula is C31H59NO5S. The summed E-state index contributed by atoms with van der Waals surface area (Å²) in [6, 6.07) is -1.05. The first-order chi connectivity index (χ1) is 18.3. The third kappa shape index (κ3) is 26.4. The van der Waals surface area contributed by atoms with E-state index in [1.165, 1.54) is 76.7 Å². The molecule has 6 nitrogen and oxygen atoms in total. The molecule has 0 aliphatic carbocycles. The summed E-state index contributed by atoms with van der Waals surface area (Å²) in [4.78, 5) is 12.3. The minimum absolute atomic E-state index is 0.290. The van der Waals surface area contributed by atoms with Crippen LogP contribution in [0.5, 0.6) is 0 Å². The highest BCUT2D eigenvalue weighted by atomic mass is 32.2. The van der Waals surface area contributed by atoms with E-state index in [4.69, 9.17) is 0 Å². The van der Waals surface area contributed by atoms with Crippen molar-refractivity contribution < 1.29 is 22.9 Å². The van der Waals surface area contributed by atoms with Gasteiger partial charge < -0.3 is 10.4 Å².